The normalized spacial score (nSPS) is 19.3. The summed E-state index contributed by atoms with van der Waals surface area (Å²) in [5, 5.41) is 13.9. The molecule has 0 bridgehead atoms. The van der Waals surface area contributed by atoms with E-state index in [0.717, 1.165) is 38.5 Å². The Labute approximate surface area is 125 Å². The molecule has 120 valence electrons. The highest BCUT2D eigenvalue weighted by molar-refractivity contribution is 4.85. The lowest BCUT2D eigenvalue weighted by molar-refractivity contribution is -0.0149. The summed E-state index contributed by atoms with van der Waals surface area (Å²) in [5.41, 5.74) is 0. The molecule has 1 aliphatic heterocycles. The average molecular weight is 298 g/mol. The van der Waals surface area contributed by atoms with Gasteiger partial charge in [0.15, 0.2) is 5.82 Å². The van der Waals surface area contributed by atoms with Gasteiger partial charge in [0.25, 0.3) is 0 Å². The van der Waals surface area contributed by atoms with Crippen LogP contribution in [0.4, 0.5) is 0 Å². The predicted octanol–water partition coefficient (Wildman–Crippen LogP) is 0.282. The largest absolute Gasteiger partial charge is 0.389 e. The highest BCUT2D eigenvalue weighted by atomic mass is 16.5. The molecule has 1 aliphatic rings. The molecule has 1 unspecified atom stereocenters. The van der Waals surface area contributed by atoms with Gasteiger partial charge in [-0.3, -0.25) is 9.80 Å². The highest BCUT2D eigenvalue weighted by Crippen LogP contribution is 2.07. The van der Waals surface area contributed by atoms with Crippen molar-refractivity contribution in [1.29, 1.82) is 0 Å². The molecule has 0 aromatic carbocycles. The van der Waals surface area contributed by atoms with Gasteiger partial charge in [-0.25, -0.2) is 0 Å². The van der Waals surface area contributed by atoms with Gasteiger partial charge in [0.2, 0.25) is 5.89 Å². The monoisotopic (exact) mass is 298 g/mol. The van der Waals surface area contributed by atoms with Crippen LogP contribution < -0.4 is 0 Å². The van der Waals surface area contributed by atoms with Gasteiger partial charge in [0.1, 0.15) is 0 Å². The van der Waals surface area contributed by atoms with Crippen molar-refractivity contribution in [2.45, 2.75) is 39.5 Å². The second-order valence-corrected chi connectivity index (χ2v) is 5.84. The maximum absolute atomic E-state index is 9.94. The summed E-state index contributed by atoms with van der Waals surface area (Å²) < 4.78 is 10.4. The molecule has 1 saturated heterocycles. The van der Waals surface area contributed by atoms with Crippen molar-refractivity contribution in [3.05, 3.63) is 11.7 Å². The first-order valence-corrected chi connectivity index (χ1v) is 7.56. The number of β-amino-alcohol motifs (C(OH)–C–C–N with tert-alkyl or cyclic N) is 1. The van der Waals surface area contributed by atoms with E-state index in [0.29, 0.717) is 19.0 Å². The van der Waals surface area contributed by atoms with Crippen LogP contribution in [0.2, 0.25) is 0 Å². The highest BCUT2D eigenvalue weighted by Gasteiger charge is 2.20. The second-order valence-electron chi connectivity index (χ2n) is 5.84. The Bertz CT molecular complexity index is 416. The lowest BCUT2D eigenvalue weighted by atomic mass is 10.2. The van der Waals surface area contributed by atoms with E-state index in [2.05, 4.69) is 19.9 Å². The van der Waals surface area contributed by atoms with E-state index in [-0.39, 0.29) is 6.10 Å². The van der Waals surface area contributed by atoms with Crippen molar-refractivity contribution in [1.82, 2.24) is 19.9 Å². The second kappa shape index (κ2) is 7.84. The Morgan fingerprint density at radius 1 is 1.24 bits per heavy atom. The number of rotatable bonds is 7. The van der Waals surface area contributed by atoms with Crippen LogP contribution in [0.1, 0.15) is 25.6 Å². The first kappa shape index (κ1) is 16.4. The fourth-order valence-corrected chi connectivity index (χ4v) is 2.39. The standard InChI is InChI=1S/C14H26N4O3/c1-11(2)20-10-13(19)8-17-4-6-18(7-5-17)9-14-15-12(3)21-16-14/h11,13,19H,4-10H2,1-3H3. The first-order valence-electron chi connectivity index (χ1n) is 7.56. The molecular formula is C14H26N4O3. The number of hydrogen-bond donors (Lipinski definition) is 1. The van der Waals surface area contributed by atoms with Crippen LogP contribution in [0, 0.1) is 6.92 Å². The van der Waals surface area contributed by atoms with Gasteiger partial charge in [-0.05, 0) is 13.8 Å². The molecular weight excluding hydrogens is 272 g/mol. The molecule has 1 aromatic heterocycles. The van der Waals surface area contributed by atoms with Crippen LogP contribution in [-0.4, -0.2) is 76.6 Å². The third-order valence-electron chi connectivity index (χ3n) is 3.49. The SMILES string of the molecule is Cc1nc(CN2CCN(CC(O)COC(C)C)CC2)no1. The zero-order chi connectivity index (χ0) is 15.2. The molecule has 0 amide bonds. The van der Waals surface area contributed by atoms with Crippen LogP contribution in [0.15, 0.2) is 4.52 Å². The maximum atomic E-state index is 9.94. The van der Waals surface area contributed by atoms with Gasteiger partial charge >= 0.3 is 0 Å². The summed E-state index contributed by atoms with van der Waals surface area (Å²) in [7, 11) is 0. The zero-order valence-electron chi connectivity index (χ0n) is 13.2. The summed E-state index contributed by atoms with van der Waals surface area (Å²) in [4.78, 5) is 8.80. The number of aliphatic hydroxyl groups is 1. The van der Waals surface area contributed by atoms with Gasteiger partial charge in [-0.15, -0.1) is 0 Å². The summed E-state index contributed by atoms with van der Waals surface area (Å²) in [6.07, 6.45) is -0.256. The van der Waals surface area contributed by atoms with Gasteiger partial charge < -0.3 is 14.4 Å². The molecule has 1 N–H and O–H groups in total. The molecule has 2 heterocycles. The van der Waals surface area contributed by atoms with E-state index in [1.165, 1.54) is 0 Å². The third-order valence-corrected chi connectivity index (χ3v) is 3.49. The molecule has 0 spiro atoms. The lowest BCUT2D eigenvalue weighted by Crippen LogP contribution is -2.48. The first-order chi connectivity index (χ1) is 10.0. The number of aliphatic hydroxyl groups excluding tert-OH is 1. The summed E-state index contributed by atoms with van der Waals surface area (Å²) in [6, 6.07) is 0. The minimum absolute atomic E-state index is 0.162. The molecule has 2 rings (SSSR count). The Balaban J connectivity index is 1.66. The van der Waals surface area contributed by atoms with E-state index < -0.39 is 6.10 Å². The molecule has 1 aromatic rings. The number of hydrogen-bond acceptors (Lipinski definition) is 7. The van der Waals surface area contributed by atoms with Crippen molar-refractivity contribution in [3.8, 4) is 0 Å². The van der Waals surface area contributed by atoms with Gasteiger partial charge in [-0.2, -0.15) is 4.98 Å². The van der Waals surface area contributed by atoms with Gasteiger partial charge in [0, 0.05) is 39.6 Å². The van der Waals surface area contributed by atoms with E-state index in [1.807, 2.05) is 13.8 Å². The van der Waals surface area contributed by atoms with E-state index in [1.54, 1.807) is 6.92 Å². The van der Waals surface area contributed by atoms with E-state index in [4.69, 9.17) is 9.26 Å². The Morgan fingerprint density at radius 2 is 1.90 bits per heavy atom. The van der Waals surface area contributed by atoms with Gasteiger partial charge in [-0.1, -0.05) is 5.16 Å². The van der Waals surface area contributed by atoms with Crippen LogP contribution in [-0.2, 0) is 11.3 Å². The molecule has 0 saturated carbocycles. The number of ether oxygens (including phenoxy) is 1. The molecule has 7 nitrogen and oxygen atoms in total. The van der Waals surface area contributed by atoms with E-state index >= 15 is 0 Å². The van der Waals surface area contributed by atoms with E-state index in [9.17, 15) is 5.11 Å². The smallest absolute Gasteiger partial charge is 0.223 e. The topological polar surface area (TPSA) is 74.9 Å². The predicted molar refractivity (Wildman–Crippen MR) is 77.8 cm³/mol. The minimum Gasteiger partial charge on any atom is -0.389 e. The van der Waals surface area contributed by atoms with Crippen molar-refractivity contribution >= 4 is 0 Å². The Kier molecular flexibility index (Phi) is 6.10. The van der Waals surface area contributed by atoms with Crippen LogP contribution in [0.3, 0.4) is 0 Å². The van der Waals surface area contributed by atoms with Crippen LogP contribution in [0.5, 0.6) is 0 Å². The third kappa shape index (κ3) is 5.70. The molecule has 1 atom stereocenters. The lowest BCUT2D eigenvalue weighted by Gasteiger charge is -2.35. The Hall–Kier alpha value is -1.02. The molecule has 0 aliphatic carbocycles. The minimum atomic E-state index is -0.418. The Morgan fingerprint density at radius 3 is 2.48 bits per heavy atom. The molecule has 21 heavy (non-hydrogen) atoms. The fourth-order valence-electron chi connectivity index (χ4n) is 2.39. The molecule has 0 radical (unpaired) electrons. The molecule has 1 fully saturated rings. The number of nitrogens with zero attached hydrogens (tertiary/aromatic N) is 4. The van der Waals surface area contributed by atoms with Gasteiger partial charge in [0.05, 0.1) is 25.4 Å². The quantitative estimate of drug-likeness (QED) is 0.775. The van der Waals surface area contributed by atoms with Crippen molar-refractivity contribution < 1.29 is 14.4 Å². The van der Waals surface area contributed by atoms with Crippen molar-refractivity contribution in [2.75, 3.05) is 39.3 Å². The van der Waals surface area contributed by atoms with Crippen LogP contribution in [0.25, 0.3) is 0 Å². The summed E-state index contributed by atoms with van der Waals surface area (Å²) in [5.74, 6) is 1.35. The molecule has 7 heteroatoms. The number of piperazine rings is 1. The maximum Gasteiger partial charge on any atom is 0.223 e. The fraction of sp³-hybridized carbons (Fsp3) is 0.857. The average Bonchev–Trinajstić information content (AvgIpc) is 2.84. The van der Waals surface area contributed by atoms with Crippen molar-refractivity contribution in [2.24, 2.45) is 0 Å². The summed E-state index contributed by atoms with van der Waals surface area (Å²) >= 11 is 0. The number of aromatic nitrogens is 2. The number of aryl methyl sites for hydroxylation is 1. The van der Waals surface area contributed by atoms with Crippen molar-refractivity contribution in [3.63, 3.8) is 0 Å². The summed E-state index contributed by atoms with van der Waals surface area (Å²) in [6.45, 7) is 11.3. The van der Waals surface area contributed by atoms with Crippen LogP contribution >= 0.6 is 0 Å². The zero-order valence-corrected chi connectivity index (χ0v) is 13.2.